The van der Waals surface area contributed by atoms with Crippen LogP contribution < -0.4 is 11.1 Å². The summed E-state index contributed by atoms with van der Waals surface area (Å²) in [5.41, 5.74) is 7.75. The SMILES string of the molecule is Cc1cccc(NC(=O)C2CCCCC2)c1/C(N)=N/O. The molecule has 108 valence electrons. The van der Waals surface area contributed by atoms with Crippen LogP contribution in [0.3, 0.4) is 0 Å². The first-order valence-electron chi connectivity index (χ1n) is 7.02. The van der Waals surface area contributed by atoms with Gasteiger partial charge in [-0.1, -0.05) is 36.6 Å². The second-order valence-corrected chi connectivity index (χ2v) is 5.31. The van der Waals surface area contributed by atoms with Crippen molar-refractivity contribution < 1.29 is 10.0 Å². The van der Waals surface area contributed by atoms with E-state index in [0.717, 1.165) is 31.2 Å². The van der Waals surface area contributed by atoms with Gasteiger partial charge in [0.1, 0.15) is 0 Å². The Labute approximate surface area is 118 Å². The normalized spacial score (nSPS) is 16.9. The zero-order valence-corrected chi connectivity index (χ0v) is 11.7. The van der Waals surface area contributed by atoms with Crippen LogP contribution in [0.2, 0.25) is 0 Å². The van der Waals surface area contributed by atoms with Crippen molar-refractivity contribution in [3.63, 3.8) is 0 Å². The third-order valence-electron chi connectivity index (χ3n) is 3.87. The van der Waals surface area contributed by atoms with Gasteiger partial charge in [-0.15, -0.1) is 0 Å². The number of aryl methyl sites for hydroxylation is 1. The Balaban J connectivity index is 2.20. The molecular weight excluding hydrogens is 254 g/mol. The molecule has 1 fully saturated rings. The van der Waals surface area contributed by atoms with Gasteiger partial charge < -0.3 is 16.3 Å². The molecule has 5 heteroatoms. The second-order valence-electron chi connectivity index (χ2n) is 5.31. The van der Waals surface area contributed by atoms with Gasteiger partial charge in [0.2, 0.25) is 5.91 Å². The number of oxime groups is 1. The number of anilines is 1. The molecule has 1 amide bonds. The number of nitrogens with zero attached hydrogens (tertiary/aromatic N) is 1. The molecule has 4 N–H and O–H groups in total. The van der Waals surface area contributed by atoms with Gasteiger partial charge >= 0.3 is 0 Å². The van der Waals surface area contributed by atoms with E-state index in [-0.39, 0.29) is 17.7 Å². The van der Waals surface area contributed by atoms with Gasteiger partial charge in [0.05, 0.1) is 5.69 Å². The molecule has 0 aromatic heterocycles. The minimum Gasteiger partial charge on any atom is -0.409 e. The maximum absolute atomic E-state index is 12.3. The number of rotatable bonds is 3. The lowest BCUT2D eigenvalue weighted by atomic mass is 9.88. The first-order chi connectivity index (χ1) is 9.63. The molecule has 5 nitrogen and oxygen atoms in total. The molecule has 0 aliphatic heterocycles. The molecule has 1 aromatic rings. The van der Waals surface area contributed by atoms with Crippen molar-refractivity contribution in [3.05, 3.63) is 29.3 Å². The van der Waals surface area contributed by atoms with Crippen LogP contribution in [-0.4, -0.2) is 17.0 Å². The average Bonchev–Trinajstić information content (AvgIpc) is 2.47. The van der Waals surface area contributed by atoms with Crippen LogP contribution in [0.4, 0.5) is 5.69 Å². The fourth-order valence-electron chi connectivity index (χ4n) is 2.76. The van der Waals surface area contributed by atoms with E-state index in [2.05, 4.69) is 10.5 Å². The highest BCUT2D eigenvalue weighted by Crippen LogP contribution is 2.26. The maximum Gasteiger partial charge on any atom is 0.227 e. The summed E-state index contributed by atoms with van der Waals surface area (Å²) in [7, 11) is 0. The molecule has 1 aliphatic rings. The van der Waals surface area contributed by atoms with Gasteiger partial charge in [-0.05, 0) is 31.4 Å². The molecule has 0 unspecified atom stereocenters. The van der Waals surface area contributed by atoms with Crippen LogP contribution in [0.5, 0.6) is 0 Å². The summed E-state index contributed by atoms with van der Waals surface area (Å²) in [5, 5.41) is 14.8. The fraction of sp³-hybridized carbons (Fsp3) is 0.467. The fourth-order valence-corrected chi connectivity index (χ4v) is 2.76. The molecule has 2 rings (SSSR count). The monoisotopic (exact) mass is 275 g/mol. The number of amidine groups is 1. The topological polar surface area (TPSA) is 87.7 Å². The average molecular weight is 275 g/mol. The molecule has 0 atom stereocenters. The number of nitrogens with two attached hydrogens (primary N) is 1. The quantitative estimate of drug-likeness (QED) is 0.343. The van der Waals surface area contributed by atoms with Crippen molar-refractivity contribution in [2.24, 2.45) is 16.8 Å². The van der Waals surface area contributed by atoms with Gasteiger partial charge in [0.15, 0.2) is 5.84 Å². The van der Waals surface area contributed by atoms with E-state index in [1.807, 2.05) is 19.1 Å². The number of benzene rings is 1. The van der Waals surface area contributed by atoms with Crippen molar-refractivity contribution >= 4 is 17.4 Å². The van der Waals surface area contributed by atoms with E-state index in [1.165, 1.54) is 6.42 Å². The zero-order valence-electron chi connectivity index (χ0n) is 11.7. The van der Waals surface area contributed by atoms with Gasteiger partial charge in [0, 0.05) is 11.5 Å². The van der Waals surface area contributed by atoms with Gasteiger partial charge in [-0.2, -0.15) is 0 Å². The first-order valence-corrected chi connectivity index (χ1v) is 7.02. The van der Waals surface area contributed by atoms with Crippen LogP contribution in [0.1, 0.15) is 43.2 Å². The van der Waals surface area contributed by atoms with Gasteiger partial charge in [-0.3, -0.25) is 4.79 Å². The number of hydrogen-bond acceptors (Lipinski definition) is 3. The predicted molar refractivity (Wildman–Crippen MR) is 78.9 cm³/mol. The third kappa shape index (κ3) is 3.10. The van der Waals surface area contributed by atoms with Crippen LogP contribution in [0.15, 0.2) is 23.4 Å². The van der Waals surface area contributed by atoms with E-state index in [9.17, 15) is 4.79 Å². The van der Waals surface area contributed by atoms with Crippen molar-refractivity contribution in [1.82, 2.24) is 0 Å². The summed E-state index contributed by atoms with van der Waals surface area (Å²) in [6.45, 7) is 1.86. The lowest BCUT2D eigenvalue weighted by Gasteiger charge is -2.21. The molecule has 0 radical (unpaired) electrons. The van der Waals surface area contributed by atoms with Crippen molar-refractivity contribution in [2.75, 3.05) is 5.32 Å². The van der Waals surface area contributed by atoms with E-state index < -0.39 is 0 Å². The van der Waals surface area contributed by atoms with E-state index in [4.69, 9.17) is 10.9 Å². The number of nitrogens with one attached hydrogen (secondary N) is 1. The van der Waals surface area contributed by atoms with Gasteiger partial charge in [-0.25, -0.2) is 0 Å². The predicted octanol–water partition coefficient (Wildman–Crippen LogP) is 2.61. The van der Waals surface area contributed by atoms with Crippen LogP contribution in [0.25, 0.3) is 0 Å². The number of carbonyl (C=O) groups excluding carboxylic acids is 1. The lowest BCUT2D eigenvalue weighted by Crippen LogP contribution is -2.26. The van der Waals surface area contributed by atoms with Crippen molar-refractivity contribution in [2.45, 2.75) is 39.0 Å². The third-order valence-corrected chi connectivity index (χ3v) is 3.87. The zero-order chi connectivity index (χ0) is 14.5. The summed E-state index contributed by atoms with van der Waals surface area (Å²) in [5.74, 6) is 0.119. The standard InChI is InChI=1S/C15H21N3O2/c1-10-6-5-9-12(13(10)14(16)18-20)17-15(19)11-7-3-2-4-8-11/h5-6,9,11,20H,2-4,7-8H2,1H3,(H2,16,18)(H,17,19). The molecule has 1 aromatic carbocycles. The molecule has 0 spiro atoms. The highest BCUT2D eigenvalue weighted by molar-refractivity contribution is 6.06. The summed E-state index contributed by atoms with van der Waals surface area (Å²) < 4.78 is 0. The Morgan fingerprint density at radius 2 is 2.05 bits per heavy atom. The molecule has 20 heavy (non-hydrogen) atoms. The molecule has 1 saturated carbocycles. The molecule has 1 aliphatic carbocycles. The van der Waals surface area contributed by atoms with Crippen molar-refractivity contribution in [3.8, 4) is 0 Å². The van der Waals surface area contributed by atoms with E-state index >= 15 is 0 Å². The Hall–Kier alpha value is -2.04. The minimum absolute atomic E-state index is 0.0158. The summed E-state index contributed by atoms with van der Waals surface area (Å²) >= 11 is 0. The van der Waals surface area contributed by atoms with Crippen LogP contribution >= 0.6 is 0 Å². The minimum atomic E-state index is 0.0158. The Bertz CT molecular complexity index is 520. The number of hydrogen-bond donors (Lipinski definition) is 3. The first kappa shape index (κ1) is 14.4. The second kappa shape index (κ2) is 6.41. The lowest BCUT2D eigenvalue weighted by molar-refractivity contribution is -0.120. The number of carbonyl (C=O) groups is 1. The Morgan fingerprint density at radius 3 is 2.70 bits per heavy atom. The molecule has 0 saturated heterocycles. The largest absolute Gasteiger partial charge is 0.409 e. The van der Waals surface area contributed by atoms with Crippen molar-refractivity contribution in [1.29, 1.82) is 0 Å². The van der Waals surface area contributed by atoms with E-state index in [0.29, 0.717) is 11.3 Å². The Kier molecular flexibility index (Phi) is 4.61. The van der Waals surface area contributed by atoms with Gasteiger partial charge in [0.25, 0.3) is 0 Å². The summed E-state index contributed by atoms with van der Waals surface area (Å²) in [6.07, 6.45) is 5.31. The summed E-state index contributed by atoms with van der Waals surface area (Å²) in [6, 6.07) is 5.49. The van der Waals surface area contributed by atoms with Crippen LogP contribution in [0, 0.1) is 12.8 Å². The summed E-state index contributed by atoms with van der Waals surface area (Å²) in [4.78, 5) is 12.3. The highest BCUT2D eigenvalue weighted by atomic mass is 16.4. The maximum atomic E-state index is 12.3. The molecular formula is C15H21N3O2. The Morgan fingerprint density at radius 1 is 1.35 bits per heavy atom. The molecule has 0 bridgehead atoms. The highest BCUT2D eigenvalue weighted by Gasteiger charge is 2.22. The smallest absolute Gasteiger partial charge is 0.227 e. The van der Waals surface area contributed by atoms with E-state index in [1.54, 1.807) is 6.07 Å². The molecule has 0 heterocycles. The number of amides is 1. The van der Waals surface area contributed by atoms with Crippen LogP contribution in [-0.2, 0) is 4.79 Å².